The molecule has 0 radical (unpaired) electrons. The number of fused-ring (bicyclic) bond motifs is 1. The number of anilines is 1. The molecule has 0 amide bonds. The van der Waals surface area contributed by atoms with E-state index in [1.54, 1.807) is 0 Å². The number of rotatable bonds is 8. The Morgan fingerprint density at radius 2 is 2.14 bits per heavy atom. The van der Waals surface area contributed by atoms with Crippen LogP contribution < -0.4 is 10.6 Å². The van der Waals surface area contributed by atoms with Crippen molar-refractivity contribution in [3.8, 4) is 0 Å². The third-order valence-electron chi connectivity index (χ3n) is 3.69. The van der Waals surface area contributed by atoms with Crippen molar-refractivity contribution in [1.82, 2.24) is 5.32 Å². The van der Waals surface area contributed by atoms with Crippen molar-refractivity contribution in [2.75, 3.05) is 11.9 Å². The van der Waals surface area contributed by atoms with Crippen LogP contribution in [0.2, 0.25) is 0 Å². The largest absolute Gasteiger partial charge is 0.391 e. The Balaban J connectivity index is 2.14. The summed E-state index contributed by atoms with van der Waals surface area (Å²) in [5, 5.41) is 15.2. The van der Waals surface area contributed by atoms with E-state index >= 15 is 0 Å². The first-order valence-electron chi connectivity index (χ1n) is 8.17. The van der Waals surface area contributed by atoms with Gasteiger partial charge in [0.2, 0.25) is 0 Å². The molecule has 2 rings (SSSR count). The summed E-state index contributed by atoms with van der Waals surface area (Å²) in [4.78, 5) is 4.53. The minimum atomic E-state index is -0.0388. The van der Waals surface area contributed by atoms with Crippen LogP contribution in [0.3, 0.4) is 0 Å². The first kappa shape index (κ1) is 16.3. The Morgan fingerprint density at radius 3 is 2.91 bits per heavy atom. The summed E-state index contributed by atoms with van der Waals surface area (Å²) in [6, 6.07) is 7.98. The fourth-order valence-electron chi connectivity index (χ4n) is 2.45. The van der Waals surface area contributed by atoms with Crippen molar-refractivity contribution in [1.29, 1.82) is 5.41 Å². The molecule has 0 fully saturated rings. The van der Waals surface area contributed by atoms with Gasteiger partial charge in [-0.3, -0.25) is 4.99 Å². The van der Waals surface area contributed by atoms with Crippen molar-refractivity contribution >= 4 is 23.3 Å². The highest BCUT2D eigenvalue weighted by molar-refractivity contribution is 6.04. The summed E-state index contributed by atoms with van der Waals surface area (Å²) >= 11 is 0. The first-order chi connectivity index (χ1) is 10.8. The van der Waals surface area contributed by atoms with Crippen LogP contribution in [0, 0.1) is 5.41 Å². The number of unbranched alkanes of at least 4 members (excludes halogenated alkanes) is 1. The maximum Gasteiger partial charge on any atom is 0.0902 e. The Kier molecular flexibility index (Phi) is 6.19. The molecule has 0 saturated heterocycles. The van der Waals surface area contributed by atoms with Gasteiger partial charge in [-0.15, -0.1) is 0 Å². The van der Waals surface area contributed by atoms with Crippen molar-refractivity contribution in [3.63, 3.8) is 0 Å². The third-order valence-corrected chi connectivity index (χ3v) is 3.69. The molecule has 0 bridgehead atoms. The van der Waals surface area contributed by atoms with Gasteiger partial charge in [0, 0.05) is 30.2 Å². The zero-order valence-electron chi connectivity index (χ0n) is 13.5. The SMILES string of the molecule is CCCCN/C=C(\C(=N)CCC)C1C=Nc2ccccc2N1. The lowest BCUT2D eigenvalue weighted by Crippen LogP contribution is -2.31. The van der Waals surface area contributed by atoms with E-state index in [1.165, 1.54) is 6.42 Å². The summed E-state index contributed by atoms with van der Waals surface area (Å²) in [7, 11) is 0. The number of hydrogen-bond acceptors (Lipinski definition) is 4. The van der Waals surface area contributed by atoms with E-state index in [0.29, 0.717) is 5.71 Å². The summed E-state index contributed by atoms with van der Waals surface area (Å²) in [5.74, 6) is 0. The van der Waals surface area contributed by atoms with E-state index < -0.39 is 0 Å². The van der Waals surface area contributed by atoms with Gasteiger partial charge >= 0.3 is 0 Å². The molecule has 1 atom stereocenters. The third kappa shape index (κ3) is 4.20. The van der Waals surface area contributed by atoms with Gasteiger partial charge in [0.1, 0.15) is 0 Å². The number of aliphatic imine (C=N–C) groups is 1. The van der Waals surface area contributed by atoms with Crippen LogP contribution >= 0.6 is 0 Å². The molecule has 1 aromatic carbocycles. The highest BCUT2D eigenvalue weighted by Crippen LogP contribution is 2.29. The predicted molar refractivity (Wildman–Crippen MR) is 95.6 cm³/mol. The fraction of sp³-hybridized carbons (Fsp3) is 0.444. The van der Waals surface area contributed by atoms with Crippen molar-refractivity contribution in [2.24, 2.45) is 4.99 Å². The molecule has 1 heterocycles. The first-order valence-corrected chi connectivity index (χ1v) is 8.17. The molecule has 1 aromatic rings. The maximum absolute atomic E-state index is 8.34. The number of nitrogens with zero attached hydrogens (tertiary/aromatic N) is 1. The minimum Gasteiger partial charge on any atom is -0.391 e. The lowest BCUT2D eigenvalue weighted by atomic mass is 9.99. The van der Waals surface area contributed by atoms with E-state index in [4.69, 9.17) is 5.41 Å². The summed E-state index contributed by atoms with van der Waals surface area (Å²) in [6.45, 7) is 5.23. The van der Waals surface area contributed by atoms with Crippen molar-refractivity contribution in [2.45, 2.75) is 45.6 Å². The standard InChI is InChI=1S/C18H26N4/c1-3-5-11-20-12-14(15(19)8-4-2)18-13-21-16-9-6-7-10-17(16)22-18/h6-7,9-10,12-13,18-20,22H,3-5,8,11H2,1-2H3/b14-12+,19-15?. The van der Waals surface area contributed by atoms with Gasteiger partial charge in [-0.1, -0.05) is 38.8 Å². The van der Waals surface area contributed by atoms with Crippen LogP contribution in [0.4, 0.5) is 11.4 Å². The van der Waals surface area contributed by atoms with Gasteiger partial charge in [0.05, 0.1) is 17.4 Å². The normalized spacial score (nSPS) is 16.8. The molecular weight excluding hydrogens is 272 g/mol. The fourth-order valence-corrected chi connectivity index (χ4v) is 2.45. The Morgan fingerprint density at radius 1 is 1.32 bits per heavy atom. The van der Waals surface area contributed by atoms with Crippen LogP contribution in [0.5, 0.6) is 0 Å². The maximum atomic E-state index is 8.34. The van der Waals surface area contributed by atoms with E-state index in [-0.39, 0.29) is 6.04 Å². The average Bonchev–Trinajstić information content (AvgIpc) is 2.54. The van der Waals surface area contributed by atoms with Crippen LogP contribution in [0.1, 0.15) is 39.5 Å². The second-order valence-corrected chi connectivity index (χ2v) is 5.55. The molecule has 1 aliphatic heterocycles. The molecule has 1 unspecified atom stereocenters. The lowest BCUT2D eigenvalue weighted by Gasteiger charge is -2.24. The van der Waals surface area contributed by atoms with Gasteiger partial charge in [0.15, 0.2) is 0 Å². The molecule has 1 aliphatic rings. The highest BCUT2D eigenvalue weighted by atomic mass is 15.0. The topological polar surface area (TPSA) is 60.3 Å². The monoisotopic (exact) mass is 298 g/mol. The highest BCUT2D eigenvalue weighted by Gasteiger charge is 2.20. The Hall–Kier alpha value is -2.10. The summed E-state index contributed by atoms with van der Waals surface area (Å²) in [6.07, 6.45) is 7.96. The minimum absolute atomic E-state index is 0.0388. The van der Waals surface area contributed by atoms with E-state index in [0.717, 1.165) is 42.8 Å². The second kappa shape index (κ2) is 8.37. The summed E-state index contributed by atoms with van der Waals surface area (Å²) < 4.78 is 0. The summed E-state index contributed by atoms with van der Waals surface area (Å²) in [5.41, 5.74) is 3.64. The quantitative estimate of drug-likeness (QED) is 0.495. The van der Waals surface area contributed by atoms with Crippen molar-refractivity contribution in [3.05, 3.63) is 36.0 Å². The van der Waals surface area contributed by atoms with Crippen LogP contribution in [-0.2, 0) is 0 Å². The van der Waals surface area contributed by atoms with Crippen LogP contribution in [-0.4, -0.2) is 24.5 Å². The van der Waals surface area contributed by atoms with Gasteiger partial charge < -0.3 is 16.0 Å². The molecule has 0 spiro atoms. The molecule has 118 valence electrons. The average molecular weight is 298 g/mol. The smallest absolute Gasteiger partial charge is 0.0902 e. The van der Waals surface area contributed by atoms with Crippen LogP contribution in [0.15, 0.2) is 41.0 Å². The number of para-hydroxylation sites is 2. The van der Waals surface area contributed by atoms with E-state index in [9.17, 15) is 0 Å². The number of hydrogen-bond donors (Lipinski definition) is 3. The van der Waals surface area contributed by atoms with Crippen LogP contribution in [0.25, 0.3) is 0 Å². The van der Waals surface area contributed by atoms with Gasteiger partial charge in [-0.2, -0.15) is 0 Å². The Bertz CT molecular complexity index is 560. The zero-order chi connectivity index (χ0) is 15.8. The van der Waals surface area contributed by atoms with Gasteiger partial charge in [-0.25, -0.2) is 0 Å². The number of nitrogens with one attached hydrogen (secondary N) is 3. The van der Waals surface area contributed by atoms with Gasteiger partial charge in [-0.05, 0) is 25.0 Å². The lowest BCUT2D eigenvalue weighted by molar-refractivity contribution is 0.731. The van der Waals surface area contributed by atoms with Gasteiger partial charge in [0.25, 0.3) is 0 Å². The van der Waals surface area contributed by atoms with E-state index in [1.807, 2.05) is 36.7 Å². The second-order valence-electron chi connectivity index (χ2n) is 5.55. The Labute approximate surface area is 133 Å². The molecular formula is C18H26N4. The predicted octanol–water partition coefficient (Wildman–Crippen LogP) is 4.28. The van der Waals surface area contributed by atoms with E-state index in [2.05, 4.69) is 29.5 Å². The van der Waals surface area contributed by atoms with Crippen molar-refractivity contribution < 1.29 is 0 Å². The number of benzene rings is 1. The molecule has 3 N–H and O–H groups in total. The zero-order valence-corrected chi connectivity index (χ0v) is 13.5. The molecule has 0 aromatic heterocycles. The molecule has 4 nitrogen and oxygen atoms in total. The molecule has 0 saturated carbocycles. The molecule has 4 heteroatoms. The molecule has 22 heavy (non-hydrogen) atoms. The molecule has 0 aliphatic carbocycles.